The molecule has 0 saturated carbocycles. The summed E-state index contributed by atoms with van der Waals surface area (Å²) in [6.45, 7) is 0. The third-order valence-electron chi connectivity index (χ3n) is 3.09. The first-order valence-electron chi connectivity index (χ1n) is 6.79. The van der Waals surface area contributed by atoms with E-state index in [0.717, 1.165) is 12.0 Å². The van der Waals surface area contributed by atoms with Gasteiger partial charge in [-0.05, 0) is 29.5 Å². The molecule has 0 amide bonds. The first-order chi connectivity index (χ1) is 9.75. The summed E-state index contributed by atoms with van der Waals surface area (Å²) in [5, 5.41) is 8.54. The van der Waals surface area contributed by atoms with Gasteiger partial charge < -0.3 is 5.11 Å². The predicted molar refractivity (Wildman–Crippen MR) is 82.4 cm³/mol. The van der Waals surface area contributed by atoms with Crippen LogP contribution in [0.4, 0.5) is 0 Å². The van der Waals surface area contributed by atoms with Gasteiger partial charge in [0, 0.05) is 6.42 Å². The van der Waals surface area contributed by atoms with Crippen LogP contribution in [0.3, 0.4) is 0 Å². The van der Waals surface area contributed by atoms with Crippen LogP contribution in [0.25, 0.3) is 17.2 Å². The number of aliphatic carboxylic acids is 1. The van der Waals surface area contributed by atoms with Crippen LogP contribution >= 0.6 is 0 Å². The smallest absolute Gasteiger partial charge is 0.303 e. The van der Waals surface area contributed by atoms with Gasteiger partial charge >= 0.3 is 5.97 Å². The van der Waals surface area contributed by atoms with Crippen molar-refractivity contribution in [2.45, 2.75) is 19.3 Å². The van der Waals surface area contributed by atoms with E-state index in [4.69, 9.17) is 5.11 Å². The van der Waals surface area contributed by atoms with Crippen LogP contribution in [0.5, 0.6) is 0 Å². The number of carbonyl (C=O) groups is 1. The highest BCUT2D eigenvalue weighted by atomic mass is 16.4. The van der Waals surface area contributed by atoms with Gasteiger partial charge in [-0.15, -0.1) is 0 Å². The molecule has 2 nitrogen and oxygen atoms in total. The first kappa shape index (κ1) is 14.1. The van der Waals surface area contributed by atoms with Crippen molar-refractivity contribution in [2.75, 3.05) is 0 Å². The molecule has 0 fully saturated rings. The molecule has 0 aliphatic rings. The Labute approximate surface area is 119 Å². The minimum absolute atomic E-state index is 0.233. The van der Waals surface area contributed by atoms with Crippen LogP contribution in [0, 0.1) is 0 Å². The number of unbranched alkanes of at least 4 members (excludes halogenated alkanes) is 1. The zero-order valence-electron chi connectivity index (χ0n) is 11.3. The number of hydrogen-bond donors (Lipinski definition) is 1. The Morgan fingerprint density at radius 1 is 0.950 bits per heavy atom. The highest BCUT2D eigenvalue weighted by Gasteiger charge is 1.96. The fourth-order valence-corrected chi connectivity index (χ4v) is 2.01. The van der Waals surface area contributed by atoms with E-state index < -0.39 is 5.97 Å². The summed E-state index contributed by atoms with van der Waals surface area (Å²) >= 11 is 0. The lowest BCUT2D eigenvalue weighted by Gasteiger charge is -2.01. The third kappa shape index (κ3) is 4.39. The molecule has 2 aromatic carbocycles. The van der Waals surface area contributed by atoms with Gasteiger partial charge in [0.2, 0.25) is 0 Å². The fraction of sp³-hybridized carbons (Fsp3) is 0.167. The maximum atomic E-state index is 10.4. The van der Waals surface area contributed by atoms with Crippen molar-refractivity contribution in [3.63, 3.8) is 0 Å². The lowest BCUT2D eigenvalue weighted by molar-refractivity contribution is -0.137. The Morgan fingerprint density at radius 3 is 2.25 bits per heavy atom. The average molecular weight is 266 g/mol. The maximum absolute atomic E-state index is 10.4. The summed E-state index contributed by atoms with van der Waals surface area (Å²) in [5.74, 6) is -0.731. The molecule has 2 aromatic rings. The van der Waals surface area contributed by atoms with Gasteiger partial charge in [0.25, 0.3) is 0 Å². The van der Waals surface area contributed by atoms with Gasteiger partial charge in [-0.25, -0.2) is 0 Å². The highest BCUT2D eigenvalue weighted by molar-refractivity contribution is 5.67. The standard InChI is InChI=1S/C18H18O2/c19-18(20)10-6-1-3-7-15-11-13-17(14-12-15)16-8-4-2-5-9-16/h2-5,7-9,11-14H,1,6,10H2,(H,19,20)/b7-3+. The van der Waals surface area contributed by atoms with E-state index in [1.54, 1.807) is 0 Å². The Kier molecular flexibility index (Phi) is 5.13. The predicted octanol–water partition coefficient (Wildman–Crippen LogP) is 4.62. The van der Waals surface area contributed by atoms with Crippen LogP contribution in [0.2, 0.25) is 0 Å². The molecule has 0 saturated heterocycles. The van der Waals surface area contributed by atoms with E-state index in [2.05, 4.69) is 36.4 Å². The second-order valence-corrected chi connectivity index (χ2v) is 4.68. The van der Waals surface area contributed by atoms with Gasteiger partial charge in [-0.1, -0.05) is 66.7 Å². The van der Waals surface area contributed by atoms with Crippen molar-refractivity contribution in [3.8, 4) is 11.1 Å². The second kappa shape index (κ2) is 7.29. The maximum Gasteiger partial charge on any atom is 0.303 e. The summed E-state index contributed by atoms with van der Waals surface area (Å²) in [6, 6.07) is 18.6. The molecule has 20 heavy (non-hydrogen) atoms. The minimum Gasteiger partial charge on any atom is -0.481 e. The molecule has 0 unspecified atom stereocenters. The van der Waals surface area contributed by atoms with E-state index in [1.165, 1.54) is 11.1 Å². The Bertz CT molecular complexity index is 568. The molecular weight excluding hydrogens is 248 g/mol. The Hall–Kier alpha value is -2.35. The van der Waals surface area contributed by atoms with Gasteiger partial charge in [0.05, 0.1) is 0 Å². The molecule has 0 aliphatic heterocycles. The molecular formula is C18H18O2. The lowest BCUT2D eigenvalue weighted by Crippen LogP contribution is -1.92. The van der Waals surface area contributed by atoms with Crippen LogP contribution in [-0.2, 0) is 4.79 Å². The first-order valence-corrected chi connectivity index (χ1v) is 6.79. The second-order valence-electron chi connectivity index (χ2n) is 4.68. The summed E-state index contributed by atoms with van der Waals surface area (Å²) < 4.78 is 0. The van der Waals surface area contributed by atoms with Crippen LogP contribution in [0.1, 0.15) is 24.8 Å². The zero-order chi connectivity index (χ0) is 14.2. The summed E-state index contributed by atoms with van der Waals surface area (Å²) in [6.07, 6.45) is 5.79. The van der Waals surface area contributed by atoms with E-state index in [0.29, 0.717) is 6.42 Å². The summed E-state index contributed by atoms with van der Waals surface area (Å²) in [5.41, 5.74) is 3.55. The van der Waals surface area contributed by atoms with Gasteiger partial charge in [0.15, 0.2) is 0 Å². The molecule has 0 radical (unpaired) electrons. The van der Waals surface area contributed by atoms with E-state index in [1.807, 2.05) is 30.4 Å². The van der Waals surface area contributed by atoms with Crippen LogP contribution < -0.4 is 0 Å². The SMILES string of the molecule is O=C(O)CCC/C=C/c1ccc(-c2ccccc2)cc1. The highest BCUT2D eigenvalue weighted by Crippen LogP contribution is 2.19. The number of carboxylic acid groups (broad SMARTS) is 1. The van der Waals surface area contributed by atoms with Crippen molar-refractivity contribution in [3.05, 3.63) is 66.2 Å². The lowest BCUT2D eigenvalue weighted by atomic mass is 10.0. The van der Waals surface area contributed by atoms with Crippen LogP contribution in [-0.4, -0.2) is 11.1 Å². The topological polar surface area (TPSA) is 37.3 Å². The molecule has 0 bridgehead atoms. The van der Waals surface area contributed by atoms with Crippen molar-refractivity contribution < 1.29 is 9.90 Å². The van der Waals surface area contributed by atoms with Gasteiger partial charge in [-0.2, -0.15) is 0 Å². The minimum atomic E-state index is -0.731. The van der Waals surface area contributed by atoms with Crippen LogP contribution in [0.15, 0.2) is 60.7 Å². The zero-order valence-corrected chi connectivity index (χ0v) is 11.3. The monoisotopic (exact) mass is 266 g/mol. The molecule has 0 aromatic heterocycles. The average Bonchev–Trinajstić information content (AvgIpc) is 2.48. The fourth-order valence-electron chi connectivity index (χ4n) is 2.01. The molecule has 0 atom stereocenters. The van der Waals surface area contributed by atoms with Crippen molar-refractivity contribution >= 4 is 12.0 Å². The molecule has 102 valence electrons. The van der Waals surface area contributed by atoms with E-state index in [9.17, 15) is 4.79 Å². The van der Waals surface area contributed by atoms with Crippen molar-refractivity contribution in [1.82, 2.24) is 0 Å². The van der Waals surface area contributed by atoms with Gasteiger partial charge in [-0.3, -0.25) is 4.79 Å². The number of carboxylic acids is 1. The number of benzene rings is 2. The number of allylic oxidation sites excluding steroid dienone is 1. The van der Waals surface area contributed by atoms with Gasteiger partial charge in [0.1, 0.15) is 0 Å². The molecule has 2 rings (SSSR count). The molecule has 1 N–H and O–H groups in total. The molecule has 0 heterocycles. The van der Waals surface area contributed by atoms with Crippen molar-refractivity contribution in [2.24, 2.45) is 0 Å². The molecule has 0 spiro atoms. The Balaban J connectivity index is 1.92. The Morgan fingerprint density at radius 2 is 1.60 bits per heavy atom. The summed E-state index contributed by atoms with van der Waals surface area (Å²) in [4.78, 5) is 10.4. The largest absolute Gasteiger partial charge is 0.481 e. The summed E-state index contributed by atoms with van der Waals surface area (Å²) in [7, 11) is 0. The normalized spacial score (nSPS) is 10.8. The number of rotatable bonds is 6. The number of hydrogen-bond acceptors (Lipinski definition) is 1. The molecule has 0 aliphatic carbocycles. The third-order valence-corrected chi connectivity index (χ3v) is 3.09. The molecule has 2 heteroatoms. The van der Waals surface area contributed by atoms with E-state index in [-0.39, 0.29) is 6.42 Å². The quantitative estimate of drug-likeness (QED) is 0.774. The van der Waals surface area contributed by atoms with Crippen molar-refractivity contribution in [1.29, 1.82) is 0 Å². The van der Waals surface area contributed by atoms with E-state index >= 15 is 0 Å².